The molecule has 1 heterocycles. The molecule has 1 aromatic carbocycles. The third-order valence-electron chi connectivity index (χ3n) is 8.27. The summed E-state index contributed by atoms with van der Waals surface area (Å²) in [5, 5.41) is 22.2. The van der Waals surface area contributed by atoms with Crippen molar-refractivity contribution in [1.29, 1.82) is 0 Å². The monoisotopic (exact) mass is 847 g/mol. The van der Waals surface area contributed by atoms with Crippen LogP contribution in [0, 0.1) is 0 Å². The van der Waals surface area contributed by atoms with Gasteiger partial charge in [0.15, 0.2) is 5.96 Å². The first-order chi connectivity index (χ1) is 28.8. The van der Waals surface area contributed by atoms with E-state index in [9.17, 15) is 38.7 Å². The van der Waals surface area contributed by atoms with Gasteiger partial charge in [0.1, 0.15) is 37.4 Å². The summed E-state index contributed by atoms with van der Waals surface area (Å²) in [7, 11) is 1.52. The lowest BCUT2D eigenvalue weighted by Gasteiger charge is -2.26. The zero-order valence-corrected chi connectivity index (χ0v) is 33.5. The van der Waals surface area contributed by atoms with Crippen molar-refractivity contribution in [2.75, 3.05) is 66.4 Å². The molecule has 13 N–H and O–H groups in total. The number of aliphatic imine (C=N–C) groups is 1. The van der Waals surface area contributed by atoms with E-state index in [4.69, 9.17) is 36.1 Å². The largest absolute Gasteiger partial charge is 0.481 e. The zero-order valence-electron chi connectivity index (χ0n) is 33.5. The van der Waals surface area contributed by atoms with Gasteiger partial charge in [0, 0.05) is 51.4 Å². The van der Waals surface area contributed by atoms with Gasteiger partial charge in [-0.1, -0.05) is 30.3 Å². The number of carboxylic acid groups (broad SMARTS) is 1. The van der Waals surface area contributed by atoms with Crippen LogP contribution < -0.4 is 43.8 Å². The lowest BCUT2D eigenvalue weighted by Crippen LogP contribution is -2.59. The Bertz CT molecular complexity index is 1660. The van der Waals surface area contributed by atoms with Gasteiger partial charge in [0.05, 0.1) is 39.4 Å². The average Bonchev–Trinajstić information content (AvgIpc) is 3.73. The molecule has 23 heteroatoms. The van der Waals surface area contributed by atoms with Gasteiger partial charge in [0.2, 0.25) is 35.4 Å². The van der Waals surface area contributed by atoms with E-state index in [2.05, 4.69) is 41.5 Å². The molecule has 60 heavy (non-hydrogen) atoms. The Labute approximate surface area is 346 Å². The third-order valence-corrected chi connectivity index (χ3v) is 8.27. The molecule has 0 saturated carbocycles. The highest BCUT2D eigenvalue weighted by atomic mass is 16.5. The highest BCUT2D eigenvalue weighted by molar-refractivity contribution is 5.95. The summed E-state index contributed by atoms with van der Waals surface area (Å²) in [6, 6.07) is 3.42. The van der Waals surface area contributed by atoms with E-state index in [0.29, 0.717) is 17.9 Å². The number of rotatable bonds is 32. The van der Waals surface area contributed by atoms with Crippen molar-refractivity contribution in [3.8, 4) is 0 Å². The maximum atomic E-state index is 14.0. The van der Waals surface area contributed by atoms with Crippen LogP contribution >= 0.6 is 0 Å². The molecule has 0 aliphatic rings. The minimum Gasteiger partial charge on any atom is -0.481 e. The smallest absolute Gasteiger partial charge is 0.303 e. The number of benzene rings is 1. The van der Waals surface area contributed by atoms with Crippen LogP contribution in [0.5, 0.6) is 0 Å². The number of nitrogens with zero attached hydrogens (tertiary/aromatic N) is 2. The number of aromatic amines is 1. The molecule has 0 aliphatic heterocycles. The van der Waals surface area contributed by atoms with Crippen LogP contribution in [-0.2, 0) is 65.4 Å². The van der Waals surface area contributed by atoms with Crippen molar-refractivity contribution in [1.82, 2.24) is 36.6 Å². The van der Waals surface area contributed by atoms with Gasteiger partial charge >= 0.3 is 5.97 Å². The quantitative estimate of drug-likeness (QED) is 0.0193. The molecule has 2 rings (SSSR count). The summed E-state index contributed by atoms with van der Waals surface area (Å²) < 4.78 is 20.7. The Balaban J connectivity index is 2.10. The predicted molar refractivity (Wildman–Crippen MR) is 213 cm³/mol. The number of primary amides is 1. The first-order valence-corrected chi connectivity index (χ1v) is 19.1. The van der Waals surface area contributed by atoms with Crippen LogP contribution in [0.2, 0.25) is 0 Å². The highest BCUT2D eigenvalue weighted by Crippen LogP contribution is 2.09. The molecular formula is C37H57N11O12. The van der Waals surface area contributed by atoms with Crippen LogP contribution in [-0.4, -0.2) is 153 Å². The summed E-state index contributed by atoms with van der Waals surface area (Å²) in [6.07, 6.45) is 2.15. The van der Waals surface area contributed by atoms with E-state index < -0.39 is 72.7 Å². The number of carbonyl (C=O) groups excluding carboxylic acids is 6. The van der Waals surface area contributed by atoms with E-state index in [1.807, 2.05) is 0 Å². The number of aliphatic carboxylic acids is 1. The maximum Gasteiger partial charge on any atom is 0.303 e. The number of ether oxygens (including phenoxy) is 4. The number of methoxy groups -OCH3 is 1. The summed E-state index contributed by atoms with van der Waals surface area (Å²) in [4.78, 5) is 100. The minimum atomic E-state index is -1.40. The second-order valence-electron chi connectivity index (χ2n) is 13.1. The van der Waals surface area contributed by atoms with Gasteiger partial charge in [-0.25, -0.2) is 4.98 Å². The van der Waals surface area contributed by atoms with Crippen LogP contribution in [0.25, 0.3) is 0 Å². The van der Waals surface area contributed by atoms with Gasteiger partial charge in [0.25, 0.3) is 0 Å². The number of hydrogen-bond acceptors (Lipinski definition) is 13. The fourth-order valence-electron chi connectivity index (χ4n) is 5.27. The maximum absolute atomic E-state index is 14.0. The highest BCUT2D eigenvalue weighted by Gasteiger charge is 2.31. The lowest BCUT2D eigenvalue weighted by atomic mass is 10.0. The van der Waals surface area contributed by atoms with Gasteiger partial charge in [-0.2, -0.15) is 0 Å². The number of carbonyl (C=O) groups is 7. The topological polar surface area (TPSA) is 356 Å². The Hall–Kier alpha value is -6.17. The number of nitrogens with one attached hydrogen (secondary N) is 6. The number of H-pyrrole nitrogens is 1. The SMILES string of the molecule is COCCOCC(=O)NCCOCCOCC(=O)N[C@@H](CCC(=O)O)C(=O)N[C@@H](Cc1ccccc1)C(=O)N[C@@H](CCCN=C(N)N)C(=O)N[C@@H](Cc1cnc[nH]1)C(N)=O. The molecule has 1 aromatic heterocycles. The van der Waals surface area contributed by atoms with Crippen molar-refractivity contribution in [2.24, 2.45) is 22.2 Å². The van der Waals surface area contributed by atoms with Crippen molar-refractivity contribution in [3.05, 3.63) is 54.1 Å². The van der Waals surface area contributed by atoms with Gasteiger partial charge in [-0.3, -0.25) is 38.6 Å². The molecule has 0 fully saturated rings. The number of hydrogen-bond donors (Lipinski definition) is 10. The van der Waals surface area contributed by atoms with Crippen molar-refractivity contribution in [3.63, 3.8) is 0 Å². The molecule has 0 saturated heterocycles. The minimum absolute atomic E-state index is 0.0000835. The lowest BCUT2D eigenvalue weighted by molar-refractivity contribution is -0.139. The standard InChI is InChI=1S/C37H57N11O12/c1-57-14-15-59-21-30(49)42-12-13-58-16-17-60-22-31(50)45-27(9-10-32(51)52)35(55)48-29(18-24-6-3-2-4-7-24)36(56)46-26(8-5-11-43-37(39)40)34(54)47-28(33(38)53)19-25-20-41-23-44-25/h2-4,6-7,20,23,26-29H,5,8-19,21-22H2,1H3,(H2,38,53)(H,41,44)(H,42,49)(H,45,50)(H,46,56)(H,47,54)(H,48,55)(H,51,52)(H4,39,40,43)/t26-,27-,28-,29-/m0/s1. The number of carboxylic acids is 1. The predicted octanol–water partition coefficient (Wildman–Crippen LogP) is -3.65. The summed E-state index contributed by atoms with van der Waals surface area (Å²) >= 11 is 0. The second-order valence-corrected chi connectivity index (χ2v) is 13.1. The number of guanidine groups is 1. The van der Waals surface area contributed by atoms with E-state index in [-0.39, 0.29) is 90.1 Å². The van der Waals surface area contributed by atoms with E-state index in [0.717, 1.165) is 0 Å². The molecule has 0 aliphatic carbocycles. The summed E-state index contributed by atoms with van der Waals surface area (Å²) in [5.74, 6) is -5.77. The summed E-state index contributed by atoms with van der Waals surface area (Å²) in [6.45, 7) is 0.565. The Kier molecular flexibility index (Phi) is 24.2. The molecular weight excluding hydrogens is 790 g/mol. The molecule has 0 radical (unpaired) electrons. The van der Waals surface area contributed by atoms with E-state index in [1.165, 1.54) is 19.6 Å². The van der Waals surface area contributed by atoms with Crippen molar-refractivity contribution < 1.29 is 57.6 Å². The van der Waals surface area contributed by atoms with Crippen LogP contribution in [0.15, 0.2) is 47.8 Å². The first-order valence-electron chi connectivity index (χ1n) is 19.1. The number of imidazole rings is 1. The van der Waals surface area contributed by atoms with Gasteiger partial charge in [-0.15, -0.1) is 0 Å². The van der Waals surface area contributed by atoms with Crippen molar-refractivity contribution in [2.45, 2.75) is 62.7 Å². The Morgan fingerprint density at radius 3 is 2.00 bits per heavy atom. The molecule has 0 unspecified atom stereocenters. The average molecular weight is 848 g/mol. The van der Waals surface area contributed by atoms with E-state index in [1.54, 1.807) is 30.3 Å². The Morgan fingerprint density at radius 2 is 1.37 bits per heavy atom. The number of nitrogens with two attached hydrogens (primary N) is 3. The molecule has 0 spiro atoms. The third kappa shape index (κ3) is 22.1. The molecule has 2 aromatic rings. The summed E-state index contributed by atoms with van der Waals surface area (Å²) in [5.41, 5.74) is 17.6. The molecule has 332 valence electrons. The molecule has 0 bridgehead atoms. The van der Waals surface area contributed by atoms with Crippen LogP contribution in [0.4, 0.5) is 0 Å². The second kappa shape index (κ2) is 29.1. The van der Waals surface area contributed by atoms with Crippen LogP contribution in [0.1, 0.15) is 36.9 Å². The van der Waals surface area contributed by atoms with Gasteiger partial charge < -0.3 is 72.8 Å². The molecule has 23 nitrogen and oxygen atoms in total. The first kappa shape index (κ1) is 50.0. The Morgan fingerprint density at radius 1 is 0.750 bits per heavy atom. The molecule has 4 atom stereocenters. The number of aromatic nitrogens is 2. The molecule has 6 amide bonds. The normalized spacial score (nSPS) is 12.8. The zero-order chi connectivity index (χ0) is 44.1. The van der Waals surface area contributed by atoms with Crippen LogP contribution in [0.3, 0.4) is 0 Å². The van der Waals surface area contributed by atoms with Crippen molar-refractivity contribution >= 4 is 47.4 Å². The fourth-order valence-corrected chi connectivity index (χ4v) is 5.27. The van der Waals surface area contributed by atoms with Gasteiger partial charge in [-0.05, 0) is 24.8 Å². The van der Waals surface area contributed by atoms with E-state index >= 15 is 0 Å². The number of amides is 6. The fraction of sp³-hybridized carbons (Fsp3) is 0.541.